The highest BCUT2D eigenvalue weighted by Gasteiger charge is 2.36. The molecule has 0 fully saturated rings. The molecule has 2 heterocycles. The molecule has 0 bridgehead atoms. The lowest BCUT2D eigenvalue weighted by molar-refractivity contribution is -0.137. The van der Waals surface area contributed by atoms with Gasteiger partial charge in [0.05, 0.1) is 11.8 Å². The standard InChI is InChI=1S/C22H26F4N4/c1-5-8-30-19-10-18(23)15(9-17(19)14(2)11-21(30,3)4)12-28-29-20-7-6-16(13-27-20)22(24,25)26/h6-7,9-10,12-14H,5,8,11H2,1-4H3,(H,27,29)/b28-12+. The molecule has 1 aromatic carbocycles. The van der Waals surface area contributed by atoms with Gasteiger partial charge in [-0.05, 0) is 62.4 Å². The van der Waals surface area contributed by atoms with E-state index >= 15 is 0 Å². The zero-order valence-corrected chi connectivity index (χ0v) is 17.5. The predicted molar refractivity (Wildman–Crippen MR) is 112 cm³/mol. The fourth-order valence-corrected chi connectivity index (χ4v) is 4.06. The van der Waals surface area contributed by atoms with Crippen LogP contribution in [-0.4, -0.2) is 23.3 Å². The van der Waals surface area contributed by atoms with E-state index in [4.69, 9.17) is 0 Å². The molecule has 0 aliphatic carbocycles. The number of halogens is 4. The Kier molecular flexibility index (Phi) is 6.06. The first-order chi connectivity index (χ1) is 14.0. The molecule has 0 saturated heterocycles. The predicted octanol–water partition coefficient (Wildman–Crippen LogP) is 6.19. The molecule has 1 aromatic heterocycles. The van der Waals surface area contributed by atoms with Crippen LogP contribution in [0.25, 0.3) is 0 Å². The lowest BCUT2D eigenvalue weighted by atomic mass is 9.79. The zero-order valence-electron chi connectivity index (χ0n) is 17.5. The van der Waals surface area contributed by atoms with Gasteiger partial charge in [-0.1, -0.05) is 13.8 Å². The molecule has 1 aliphatic heterocycles. The number of anilines is 2. The monoisotopic (exact) mass is 422 g/mol. The molecule has 8 heteroatoms. The Labute approximate surface area is 174 Å². The van der Waals surface area contributed by atoms with Gasteiger partial charge < -0.3 is 4.90 Å². The lowest BCUT2D eigenvalue weighted by Gasteiger charge is -2.47. The number of nitrogens with one attached hydrogen (secondary N) is 1. The lowest BCUT2D eigenvalue weighted by Crippen LogP contribution is -2.48. The van der Waals surface area contributed by atoms with Crippen LogP contribution in [0.2, 0.25) is 0 Å². The number of rotatable bonds is 5. The topological polar surface area (TPSA) is 40.5 Å². The number of hydrogen-bond acceptors (Lipinski definition) is 4. The quantitative estimate of drug-likeness (QED) is 0.355. The molecule has 1 atom stereocenters. The van der Waals surface area contributed by atoms with Crippen molar-refractivity contribution in [2.24, 2.45) is 5.10 Å². The molecule has 0 saturated carbocycles. The summed E-state index contributed by atoms with van der Waals surface area (Å²) in [5.74, 6) is 0.00735. The van der Waals surface area contributed by atoms with Gasteiger partial charge in [-0.2, -0.15) is 18.3 Å². The molecule has 162 valence electrons. The highest BCUT2D eigenvalue weighted by molar-refractivity contribution is 5.82. The van der Waals surface area contributed by atoms with E-state index < -0.39 is 17.6 Å². The van der Waals surface area contributed by atoms with E-state index in [1.54, 1.807) is 12.1 Å². The molecule has 0 spiro atoms. The molecule has 2 aromatic rings. The molecular formula is C22H26F4N4. The normalized spacial score (nSPS) is 18.5. The van der Waals surface area contributed by atoms with E-state index in [9.17, 15) is 17.6 Å². The summed E-state index contributed by atoms with van der Waals surface area (Å²) in [5, 5.41) is 3.95. The van der Waals surface area contributed by atoms with Crippen molar-refractivity contribution in [1.29, 1.82) is 0 Å². The van der Waals surface area contributed by atoms with Crippen LogP contribution in [0.15, 0.2) is 35.6 Å². The first kappa shape index (κ1) is 22.1. The molecule has 0 amide bonds. The number of hydrogen-bond donors (Lipinski definition) is 1. The Bertz CT molecular complexity index is 920. The SMILES string of the molecule is CCCN1c2cc(F)c(/C=N/Nc3ccc(C(F)(F)F)cn3)cc2C(C)CC1(C)C. The maximum Gasteiger partial charge on any atom is 0.417 e. The van der Waals surface area contributed by atoms with Gasteiger partial charge >= 0.3 is 6.18 Å². The minimum atomic E-state index is -4.45. The summed E-state index contributed by atoms with van der Waals surface area (Å²) in [4.78, 5) is 5.94. The van der Waals surface area contributed by atoms with E-state index in [0.717, 1.165) is 42.9 Å². The average Bonchev–Trinajstić information content (AvgIpc) is 2.65. The third-order valence-electron chi connectivity index (χ3n) is 5.42. The van der Waals surface area contributed by atoms with Gasteiger partial charge in [-0.25, -0.2) is 9.37 Å². The number of hydrazone groups is 1. The molecule has 1 unspecified atom stereocenters. The summed E-state index contributed by atoms with van der Waals surface area (Å²) < 4.78 is 52.6. The van der Waals surface area contributed by atoms with Crippen LogP contribution in [-0.2, 0) is 6.18 Å². The molecule has 1 aliphatic rings. The Hall–Kier alpha value is -2.64. The molecular weight excluding hydrogens is 396 g/mol. The number of aromatic nitrogens is 1. The van der Waals surface area contributed by atoms with Crippen LogP contribution in [0.4, 0.5) is 29.1 Å². The van der Waals surface area contributed by atoms with Crippen molar-refractivity contribution in [3.63, 3.8) is 0 Å². The molecule has 0 radical (unpaired) electrons. The summed E-state index contributed by atoms with van der Waals surface area (Å²) >= 11 is 0. The van der Waals surface area contributed by atoms with Crippen molar-refractivity contribution in [2.75, 3.05) is 16.9 Å². The van der Waals surface area contributed by atoms with Gasteiger partial charge in [0.2, 0.25) is 0 Å². The minimum Gasteiger partial charge on any atom is -0.366 e. The zero-order chi connectivity index (χ0) is 22.1. The second kappa shape index (κ2) is 8.24. The molecule has 1 N–H and O–H groups in total. The second-order valence-corrected chi connectivity index (χ2v) is 8.30. The first-order valence-electron chi connectivity index (χ1n) is 9.96. The highest BCUT2D eigenvalue weighted by Crippen LogP contribution is 2.44. The van der Waals surface area contributed by atoms with Crippen molar-refractivity contribution in [3.8, 4) is 0 Å². The van der Waals surface area contributed by atoms with Gasteiger partial charge in [0.15, 0.2) is 0 Å². The van der Waals surface area contributed by atoms with E-state index in [1.807, 2.05) is 0 Å². The van der Waals surface area contributed by atoms with Gasteiger partial charge in [0, 0.05) is 29.5 Å². The van der Waals surface area contributed by atoms with Crippen molar-refractivity contribution < 1.29 is 17.6 Å². The summed E-state index contributed by atoms with van der Waals surface area (Å²) in [5.41, 5.74) is 3.94. The summed E-state index contributed by atoms with van der Waals surface area (Å²) in [6, 6.07) is 5.45. The van der Waals surface area contributed by atoms with Crippen LogP contribution in [0, 0.1) is 5.82 Å². The van der Waals surface area contributed by atoms with Crippen molar-refractivity contribution in [2.45, 2.75) is 58.2 Å². The summed E-state index contributed by atoms with van der Waals surface area (Å²) in [6.07, 6.45) is -0.477. The van der Waals surface area contributed by atoms with Crippen LogP contribution in [0.5, 0.6) is 0 Å². The van der Waals surface area contributed by atoms with Crippen LogP contribution >= 0.6 is 0 Å². The van der Waals surface area contributed by atoms with Crippen molar-refractivity contribution >= 4 is 17.7 Å². The Morgan fingerprint density at radius 3 is 2.63 bits per heavy atom. The Balaban J connectivity index is 1.82. The summed E-state index contributed by atoms with van der Waals surface area (Å²) in [7, 11) is 0. The van der Waals surface area contributed by atoms with Crippen LogP contribution in [0.1, 0.15) is 63.1 Å². The van der Waals surface area contributed by atoms with E-state index in [-0.39, 0.29) is 17.3 Å². The van der Waals surface area contributed by atoms with E-state index in [0.29, 0.717) is 5.56 Å². The van der Waals surface area contributed by atoms with Crippen molar-refractivity contribution in [3.05, 3.63) is 53.0 Å². The molecule has 4 nitrogen and oxygen atoms in total. The summed E-state index contributed by atoms with van der Waals surface area (Å²) in [6.45, 7) is 9.44. The third kappa shape index (κ3) is 4.57. The van der Waals surface area contributed by atoms with Crippen molar-refractivity contribution in [1.82, 2.24) is 4.98 Å². The Morgan fingerprint density at radius 2 is 2.03 bits per heavy atom. The number of pyridine rings is 1. The molecule has 3 rings (SSSR count). The smallest absolute Gasteiger partial charge is 0.366 e. The van der Waals surface area contributed by atoms with Gasteiger partial charge in [-0.3, -0.25) is 5.43 Å². The van der Waals surface area contributed by atoms with Crippen LogP contribution < -0.4 is 10.3 Å². The molecule has 30 heavy (non-hydrogen) atoms. The van der Waals surface area contributed by atoms with Gasteiger partial charge in [-0.15, -0.1) is 0 Å². The maximum absolute atomic E-state index is 14.8. The number of nitrogens with zero attached hydrogens (tertiary/aromatic N) is 3. The third-order valence-corrected chi connectivity index (χ3v) is 5.42. The fourth-order valence-electron chi connectivity index (χ4n) is 4.06. The minimum absolute atomic E-state index is 0.0553. The fraction of sp³-hybridized carbons (Fsp3) is 0.455. The first-order valence-corrected chi connectivity index (χ1v) is 9.96. The number of fused-ring (bicyclic) bond motifs is 1. The largest absolute Gasteiger partial charge is 0.417 e. The van der Waals surface area contributed by atoms with Gasteiger partial charge in [0.1, 0.15) is 11.6 Å². The average molecular weight is 422 g/mol. The maximum atomic E-state index is 14.8. The highest BCUT2D eigenvalue weighted by atomic mass is 19.4. The van der Waals surface area contributed by atoms with E-state index in [2.05, 4.69) is 48.1 Å². The van der Waals surface area contributed by atoms with Gasteiger partial charge in [0.25, 0.3) is 0 Å². The van der Waals surface area contributed by atoms with Crippen LogP contribution in [0.3, 0.4) is 0 Å². The second-order valence-electron chi connectivity index (χ2n) is 8.30. The van der Waals surface area contributed by atoms with E-state index in [1.165, 1.54) is 12.3 Å². The number of alkyl halides is 3. The number of benzene rings is 1. The Morgan fingerprint density at radius 1 is 1.30 bits per heavy atom.